The summed E-state index contributed by atoms with van der Waals surface area (Å²) in [6, 6.07) is 14.0. The Balaban J connectivity index is 0.00000420. The maximum Gasteiger partial charge on any atom is 0.193 e. The van der Waals surface area contributed by atoms with Crippen molar-refractivity contribution in [1.82, 2.24) is 10.2 Å². The van der Waals surface area contributed by atoms with Crippen LogP contribution in [0.25, 0.3) is 0 Å². The molecule has 0 amide bonds. The number of halogens is 1. The van der Waals surface area contributed by atoms with Crippen molar-refractivity contribution in [3.8, 4) is 17.2 Å². The molecule has 2 rings (SSSR count). The van der Waals surface area contributed by atoms with Crippen molar-refractivity contribution < 1.29 is 14.2 Å². The van der Waals surface area contributed by atoms with E-state index in [9.17, 15) is 0 Å². The molecule has 0 saturated heterocycles. The molecule has 0 unspecified atom stereocenters. The predicted molar refractivity (Wildman–Crippen MR) is 129 cm³/mol. The van der Waals surface area contributed by atoms with Crippen LogP contribution in [0.3, 0.4) is 0 Å². The molecule has 6 nitrogen and oxygen atoms in total. The average molecular weight is 513 g/mol. The lowest BCUT2D eigenvalue weighted by Gasteiger charge is -2.22. The van der Waals surface area contributed by atoms with E-state index in [2.05, 4.69) is 29.3 Å². The molecule has 0 aliphatic carbocycles. The monoisotopic (exact) mass is 513 g/mol. The van der Waals surface area contributed by atoms with Gasteiger partial charge in [-0.1, -0.05) is 18.2 Å². The Hall–Kier alpha value is -2.16. The summed E-state index contributed by atoms with van der Waals surface area (Å²) in [4.78, 5) is 6.90. The van der Waals surface area contributed by atoms with Crippen LogP contribution in [-0.2, 0) is 13.0 Å². The Labute approximate surface area is 191 Å². The molecule has 0 saturated carbocycles. The van der Waals surface area contributed by atoms with E-state index in [0.717, 1.165) is 48.3 Å². The summed E-state index contributed by atoms with van der Waals surface area (Å²) in [5, 5.41) is 3.36. The first-order valence-electron chi connectivity index (χ1n) is 9.44. The number of hydrogen-bond acceptors (Lipinski definition) is 4. The van der Waals surface area contributed by atoms with Gasteiger partial charge in [0.1, 0.15) is 5.75 Å². The highest BCUT2D eigenvalue weighted by atomic mass is 127. The molecule has 0 spiro atoms. The number of methoxy groups -OCH3 is 3. The highest BCUT2D eigenvalue weighted by Crippen LogP contribution is 2.27. The Morgan fingerprint density at radius 2 is 1.72 bits per heavy atom. The highest BCUT2D eigenvalue weighted by Gasteiger charge is 2.09. The molecule has 0 bridgehead atoms. The summed E-state index contributed by atoms with van der Waals surface area (Å²) in [6.45, 7) is 4.32. The molecule has 0 heterocycles. The quantitative estimate of drug-likeness (QED) is 0.313. The SMILES string of the molecule is CCNC(=NCc1cccc(OC)c1)N(C)CCc1ccc(OC)c(OC)c1.I. The third-order valence-electron chi connectivity index (χ3n) is 4.43. The minimum absolute atomic E-state index is 0. The van der Waals surface area contributed by atoms with Gasteiger partial charge in [0, 0.05) is 20.1 Å². The van der Waals surface area contributed by atoms with Crippen LogP contribution in [0.4, 0.5) is 0 Å². The molecule has 160 valence electrons. The van der Waals surface area contributed by atoms with Gasteiger partial charge >= 0.3 is 0 Å². The van der Waals surface area contributed by atoms with E-state index in [1.54, 1.807) is 21.3 Å². The van der Waals surface area contributed by atoms with E-state index >= 15 is 0 Å². The molecule has 0 aliphatic heterocycles. The standard InChI is InChI=1S/C22H31N3O3.HI/c1-6-23-22(24-16-18-8-7-9-19(14-18)26-3)25(2)13-12-17-10-11-20(27-4)21(15-17)28-5;/h7-11,14-15H,6,12-13,16H2,1-5H3,(H,23,24);1H. The van der Waals surface area contributed by atoms with Crippen LogP contribution in [0, 0.1) is 0 Å². The van der Waals surface area contributed by atoms with Gasteiger partial charge in [0.15, 0.2) is 17.5 Å². The zero-order valence-electron chi connectivity index (χ0n) is 17.9. The van der Waals surface area contributed by atoms with Gasteiger partial charge in [-0.05, 0) is 48.7 Å². The fraction of sp³-hybridized carbons (Fsp3) is 0.409. The maximum absolute atomic E-state index is 5.39. The van der Waals surface area contributed by atoms with E-state index in [1.165, 1.54) is 5.56 Å². The van der Waals surface area contributed by atoms with E-state index in [1.807, 2.05) is 37.4 Å². The van der Waals surface area contributed by atoms with Gasteiger partial charge in [0.05, 0.1) is 27.9 Å². The van der Waals surface area contributed by atoms with E-state index in [0.29, 0.717) is 6.54 Å². The fourth-order valence-corrected chi connectivity index (χ4v) is 2.85. The predicted octanol–water partition coefficient (Wildman–Crippen LogP) is 3.97. The highest BCUT2D eigenvalue weighted by molar-refractivity contribution is 14.0. The third kappa shape index (κ3) is 7.64. The largest absolute Gasteiger partial charge is 0.497 e. The van der Waals surface area contributed by atoms with Gasteiger partial charge in [0.25, 0.3) is 0 Å². The number of aliphatic imine (C=N–C) groups is 1. The Morgan fingerprint density at radius 3 is 2.38 bits per heavy atom. The first-order chi connectivity index (χ1) is 13.6. The maximum atomic E-state index is 5.39. The van der Waals surface area contributed by atoms with Gasteiger partial charge < -0.3 is 24.4 Å². The minimum atomic E-state index is 0. The lowest BCUT2D eigenvalue weighted by Crippen LogP contribution is -2.39. The third-order valence-corrected chi connectivity index (χ3v) is 4.43. The molecular weight excluding hydrogens is 481 g/mol. The summed E-state index contributed by atoms with van der Waals surface area (Å²) >= 11 is 0. The van der Waals surface area contributed by atoms with Crippen molar-refractivity contribution in [3.63, 3.8) is 0 Å². The zero-order chi connectivity index (χ0) is 20.4. The van der Waals surface area contributed by atoms with Gasteiger partial charge in [-0.2, -0.15) is 0 Å². The van der Waals surface area contributed by atoms with Gasteiger partial charge in [-0.25, -0.2) is 4.99 Å². The second-order valence-corrected chi connectivity index (χ2v) is 6.38. The molecule has 0 aromatic heterocycles. The Bertz CT molecular complexity index is 784. The fourth-order valence-electron chi connectivity index (χ4n) is 2.85. The second-order valence-electron chi connectivity index (χ2n) is 6.38. The Morgan fingerprint density at radius 1 is 0.966 bits per heavy atom. The molecule has 0 atom stereocenters. The van der Waals surface area contributed by atoms with Crippen molar-refractivity contribution in [2.75, 3.05) is 41.5 Å². The van der Waals surface area contributed by atoms with E-state index in [-0.39, 0.29) is 24.0 Å². The lowest BCUT2D eigenvalue weighted by molar-refractivity contribution is 0.354. The molecule has 0 fully saturated rings. The summed E-state index contributed by atoms with van der Waals surface area (Å²) in [7, 11) is 7.03. The average Bonchev–Trinajstić information content (AvgIpc) is 2.74. The molecule has 2 aromatic rings. The van der Waals surface area contributed by atoms with Crippen molar-refractivity contribution in [3.05, 3.63) is 53.6 Å². The van der Waals surface area contributed by atoms with Crippen LogP contribution < -0.4 is 19.5 Å². The summed E-state index contributed by atoms with van der Waals surface area (Å²) < 4.78 is 16.0. The topological polar surface area (TPSA) is 55.3 Å². The van der Waals surface area contributed by atoms with Crippen LogP contribution in [-0.4, -0.2) is 52.3 Å². The van der Waals surface area contributed by atoms with E-state index < -0.39 is 0 Å². The van der Waals surface area contributed by atoms with Crippen molar-refractivity contribution in [2.24, 2.45) is 4.99 Å². The normalized spacial score (nSPS) is 10.7. The number of likely N-dealkylation sites (N-methyl/N-ethyl adjacent to an activating group) is 1. The van der Waals surface area contributed by atoms with Gasteiger partial charge in [0.2, 0.25) is 0 Å². The number of ether oxygens (including phenoxy) is 3. The summed E-state index contributed by atoms with van der Waals surface area (Å²) in [6.07, 6.45) is 0.875. The van der Waals surface area contributed by atoms with Crippen LogP contribution in [0.5, 0.6) is 17.2 Å². The lowest BCUT2D eigenvalue weighted by atomic mass is 10.1. The number of benzene rings is 2. The minimum Gasteiger partial charge on any atom is -0.497 e. The van der Waals surface area contributed by atoms with Crippen LogP contribution in [0.2, 0.25) is 0 Å². The first-order valence-corrected chi connectivity index (χ1v) is 9.44. The van der Waals surface area contributed by atoms with Crippen molar-refractivity contribution in [1.29, 1.82) is 0 Å². The van der Waals surface area contributed by atoms with Crippen LogP contribution >= 0.6 is 24.0 Å². The summed E-state index contributed by atoms with van der Waals surface area (Å²) in [5.41, 5.74) is 2.30. The molecule has 2 aromatic carbocycles. The second kappa shape index (κ2) is 13.1. The van der Waals surface area contributed by atoms with Crippen LogP contribution in [0.1, 0.15) is 18.1 Å². The number of rotatable bonds is 9. The number of guanidine groups is 1. The molecule has 7 heteroatoms. The zero-order valence-corrected chi connectivity index (χ0v) is 20.2. The van der Waals surface area contributed by atoms with Gasteiger partial charge in [-0.15, -0.1) is 24.0 Å². The number of nitrogens with one attached hydrogen (secondary N) is 1. The molecule has 0 radical (unpaired) electrons. The Kier molecular flexibility index (Phi) is 11.3. The van der Waals surface area contributed by atoms with Gasteiger partial charge in [-0.3, -0.25) is 0 Å². The number of nitrogens with zero attached hydrogens (tertiary/aromatic N) is 2. The number of hydrogen-bond donors (Lipinski definition) is 1. The van der Waals surface area contributed by atoms with Crippen LogP contribution in [0.15, 0.2) is 47.5 Å². The molecule has 1 N–H and O–H groups in total. The molecule has 0 aliphatic rings. The smallest absolute Gasteiger partial charge is 0.193 e. The summed E-state index contributed by atoms with van der Waals surface area (Å²) in [5.74, 6) is 3.22. The van der Waals surface area contributed by atoms with Crippen molar-refractivity contribution in [2.45, 2.75) is 19.9 Å². The first kappa shape index (κ1) is 24.9. The molecular formula is C22H32IN3O3. The van der Waals surface area contributed by atoms with E-state index in [4.69, 9.17) is 19.2 Å². The van der Waals surface area contributed by atoms with Crippen molar-refractivity contribution >= 4 is 29.9 Å². The molecule has 29 heavy (non-hydrogen) atoms.